The number of carboxylic acid groups (broad SMARTS) is 1. The fourth-order valence-electron chi connectivity index (χ4n) is 4.75. The van der Waals surface area contributed by atoms with E-state index in [0.29, 0.717) is 22.6 Å². The number of nitrogens with zero attached hydrogens (tertiary/aromatic N) is 6. The summed E-state index contributed by atoms with van der Waals surface area (Å²) in [6, 6.07) is -0.843. The van der Waals surface area contributed by atoms with Gasteiger partial charge >= 0.3 is 16.3 Å². The number of amides is 1. The van der Waals surface area contributed by atoms with E-state index in [9.17, 15) is 32.5 Å². The number of nitrogens with two attached hydrogens (primary N) is 1. The number of hydrogen-bond acceptors (Lipinski definition) is 14. The lowest BCUT2D eigenvalue weighted by molar-refractivity contribution is -0.153. The molecule has 0 bridgehead atoms. The summed E-state index contributed by atoms with van der Waals surface area (Å²) in [6.45, 7) is 2.05. The lowest BCUT2D eigenvalue weighted by Gasteiger charge is -2.43. The number of oxime groups is 1. The van der Waals surface area contributed by atoms with Crippen molar-refractivity contribution in [3.63, 3.8) is 0 Å². The molecule has 1 aliphatic carbocycles. The number of piperidine rings is 1. The van der Waals surface area contributed by atoms with Crippen molar-refractivity contribution in [2.24, 2.45) is 11.1 Å². The maximum atomic E-state index is 13.3. The highest BCUT2D eigenvalue weighted by Crippen LogP contribution is 2.40. The number of thiazole rings is 1. The Bertz CT molecular complexity index is 1460. The third-order valence-electron chi connectivity index (χ3n) is 7.23. The van der Waals surface area contributed by atoms with E-state index in [0.717, 1.165) is 37.3 Å². The number of carbonyl (C=O) groups excluding carboxylic acids is 2. The highest BCUT2D eigenvalue weighted by molar-refractivity contribution is 7.84. The summed E-state index contributed by atoms with van der Waals surface area (Å²) in [5.41, 5.74) is 4.40. The molecule has 222 valence electrons. The molecule has 0 aromatic carbocycles. The summed E-state index contributed by atoms with van der Waals surface area (Å²) in [6.07, 6.45) is 3.32. The molecule has 0 unspecified atom stereocenters. The molecule has 3 fully saturated rings. The molecule has 2 aromatic heterocycles. The van der Waals surface area contributed by atoms with Crippen molar-refractivity contribution in [1.82, 2.24) is 34.9 Å². The number of ketones is 1. The molecule has 1 amide bonds. The van der Waals surface area contributed by atoms with E-state index in [1.807, 2.05) is 0 Å². The summed E-state index contributed by atoms with van der Waals surface area (Å²) in [5.74, 6) is -4.16. The molecule has 17 nitrogen and oxygen atoms in total. The number of hydrogen-bond donors (Lipinski definition) is 5. The molecular weight excluding hydrogens is 582 g/mol. The highest BCUT2D eigenvalue weighted by atomic mass is 32.2. The largest absolute Gasteiger partial charge is 0.478 e. The zero-order valence-electron chi connectivity index (χ0n) is 21.7. The van der Waals surface area contributed by atoms with Crippen molar-refractivity contribution in [2.45, 2.75) is 62.9 Å². The molecule has 3 aliphatic rings. The minimum atomic E-state index is -4.93. The van der Waals surface area contributed by atoms with Crippen LogP contribution in [0.4, 0.5) is 5.13 Å². The van der Waals surface area contributed by atoms with Gasteiger partial charge in [0.05, 0.1) is 30.4 Å². The maximum absolute atomic E-state index is 13.3. The number of nitrogens with one attached hydrogen (secondary N) is 2. The van der Waals surface area contributed by atoms with E-state index in [1.165, 1.54) is 16.4 Å². The number of rotatable bonds is 13. The van der Waals surface area contributed by atoms with Gasteiger partial charge in [-0.1, -0.05) is 5.16 Å². The molecule has 6 N–H and O–H groups in total. The maximum Gasteiger partial charge on any atom is 0.362 e. The van der Waals surface area contributed by atoms with Crippen molar-refractivity contribution in [3.05, 3.63) is 23.0 Å². The van der Waals surface area contributed by atoms with E-state index >= 15 is 0 Å². The van der Waals surface area contributed by atoms with Crippen molar-refractivity contribution in [3.8, 4) is 0 Å². The van der Waals surface area contributed by atoms with Crippen molar-refractivity contribution in [1.29, 1.82) is 0 Å². The van der Waals surface area contributed by atoms with Crippen LogP contribution in [-0.4, -0.2) is 96.5 Å². The van der Waals surface area contributed by atoms with Crippen LogP contribution >= 0.6 is 11.3 Å². The van der Waals surface area contributed by atoms with Crippen LogP contribution in [0.5, 0.6) is 0 Å². The molecular formula is C22H29N9O8S2. The first-order chi connectivity index (χ1) is 19.5. The first-order valence-electron chi connectivity index (χ1n) is 12.8. The Morgan fingerprint density at radius 2 is 2.05 bits per heavy atom. The van der Waals surface area contributed by atoms with Crippen LogP contribution in [0.1, 0.15) is 43.5 Å². The number of aliphatic carboxylic acids is 1. The Balaban J connectivity index is 1.30. The third-order valence-corrected chi connectivity index (χ3v) is 8.86. The van der Waals surface area contributed by atoms with Crippen molar-refractivity contribution in [2.75, 3.05) is 18.8 Å². The second-order valence-corrected chi connectivity index (χ2v) is 12.3. The molecule has 4 heterocycles. The summed E-state index contributed by atoms with van der Waals surface area (Å²) in [5, 5.41) is 29.9. The monoisotopic (exact) mass is 611 g/mol. The Morgan fingerprint density at radius 3 is 2.66 bits per heavy atom. The molecule has 41 heavy (non-hydrogen) atoms. The molecule has 2 atom stereocenters. The topological polar surface area (TPSA) is 244 Å². The molecule has 2 aliphatic heterocycles. The van der Waals surface area contributed by atoms with E-state index in [-0.39, 0.29) is 35.9 Å². The number of Topliss-reactive ketones (excluding diaryl/α,β-unsaturated/α-hetero) is 1. The lowest BCUT2D eigenvalue weighted by atomic mass is 9.84. The van der Waals surface area contributed by atoms with Crippen molar-refractivity contribution < 1.29 is 37.3 Å². The Kier molecular flexibility index (Phi) is 8.06. The Labute approximate surface area is 238 Å². The summed E-state index contributed by atoms with van der Waals surface area (Å²) in [4.78, 5) is 48.0. The van der Waals surface area contributed by atoms with Crippen LogP contribution in [0.2, 0.25) is 0 Å². The molecule has 1 saturated carbocycles. The second-order valence-electron chi connectivity index (χ2n) is 10.1. The summed E-state index contributed by atoms with van der Waals surface area (Å²) in [7, 11) is -4.93. The number of anilines is 1. The van der Waals surface area contributed by atoms with Gasteiger partial charge in [-0.2, -0.15) is 23.4 Å². The highest BCUT2D eigenvalue weighted by Gasteiger charge is 2.56. The number of aromatic nitrogens is 4. The van der Waals surface area contributed by atoms with E-state index < -0.39 is 51.9 Å². The molecule has 2 aromatic rings. The number of nitrogen functional groups attached to an aromatic ring is 1. The number of carboxylic acids is 1. The van der Waals surface area contributed by atoms with Gasteiger partial charge in [-0.05, 0) is 25.9 Å². The fraction of sp³-hybridized carbons (Fsp3) is 0.591. The van der Waals surface area contributed by atoms with Gasteiger partial charge < -0.3 is 26.3 Å². The van der Waals surface area contributed by atoms with Crippen LogP contribution in [-0.2, 0) is 42.6 Å². The minimum Gasteiger partial charge on any atom is -0.478 e. The van der Waals surface area contributed by atoms with Gasteiger partial charge in [-0.15, -0.1) is 11.3 Å². The van der Waals surface area contributed by atoms with Crippen LogP contribution < -0.4 is 16.4 Å². The predicted molar refractivity (Wildman–Crippen MR) is 142 cm³/mol. The van der Waals surface area contributed by atoms with E-state index in [4.69, 9.17) is 10.6 Å². The number of β-lactam (4-membered cyclic amide) rings is 1. The first-order valence-corrected chi connectivity index (χ1v) is 15.1. The SMILES string of the molecule is Nc1nc(/C(=N/OC2(C(=O)O)CC2)C(=O)C[C@@H]2C(=O)N(S(=O)(=O)O)[C@@H]2Cn2ncc(CNC3CCNCC3)n2)cs1. The zero-order chi connectivity index (χ0) is 29.4. The normalized spacial score (nSPS) is 22.8. The van der Waals surface area contributed by atoms with Gasteiger partial charge in [0.2, 0.25) is 11.5 Å². The Hall–Kier alpha value is -3.52. The molecule has 2 saturated heterocycles. The average molecular weight is 612 g/mol. The van der Waals surface area contributed by atoms with Gasteiger partial charge in [0, 0.05) is 37.2 Å². The van der Waals surface area contributed by atoms with Gasteiger partial charge in [-0.25, -0.2) is 14.1 Å². The molecule has 0 radical (unpaired) electrons. The van der Waals surface area contributed by atoms with Crippen LogP contribution in [0.3, 0.4) is 0 Å². The van der Waals surface area contributed by atoms with Gasteiger partial charge in [0.1, 0.15) is 5.69 Å². The Morgan fingerprint density at radius 1 is 1.32 bits per heavy atom. The van der Waals surface area contributed by atoms with E-state index in [1.54, 1.807) is 0 Å². The summed E-state index contributed by atoms with van der Waals surface area (Å²) >= 11 is 1.01. The van der Waals surface area contributed by atoms with Crippen LogP contribution in [0.25, 0.3) is 0 Å². The minimum absolute atomic E-state index is 0.0216. The summed E-state index contributed by atoms with van der Waals surface area (Å²) < 4.78 is 33.9. The van der Waals surface area contributed by atoms with Gasteiger partial charge in [0.25, 0.3) is 0 Å². The lowest BCUT2D eigenvalue weighted by Crippen LogP contribution is -2.64. The van der Waals surface area contributed by atoms with Crippen molar-refractivity contribution >= 4 is 50.1 Å². The van der Waals surface area contributed by atoms with E-state index in [2.05, 4.69) is 31.0 Å². The number of carbonyl (C=O) groups is 3. The fourth-order valence-corrected chi connectivity index (χ4v) is 6.22. The molecule has 0 spiro atoms. The van der Waals surface area contributed by atoms with Crippen LogP contribution in [0.15, 0.2) is 16.7 Å². The first kappa shape index (κ1) is 29.0. The zero-order valence-corrected chi connectivity index (χ0v) is 23.3. The standard InChI is InChI=1S/C22H29N9O8S2/c23-21-27-15(11-40-21)18(29-39-22(3-4-22)20(34)35)17(32)7-14-16(31(19(14)33)41(36,37)38)10-30-26-9-13(28-30)8-25-12-1-5-24-6-2-12/h9,11-12,14,16,24-25H,1-8,10H2,(H2,23,27)(H,34,35)(H,36,37,38)/b29-18-/t14-,16+/m0/s1. The molecule has 5 rings (SSSR count). The average Bonchev–Trinajstić information content (AvgIpc) is 3.39. The second kappa shape index (κ2) is 11.4. The quantitative estimate of drug-likeness (QED) is 0.0772. The van der Waals surface area contributed by atoms with Crippen LogP contribution in [0, 0.1) is 5.92 Å². The molecule has 19 heteroatoms. The van der Waals surface area contributed by atoms with Gasteiger partial charge in [-0.3, -0.25) is 14.1 Å². The third kappa shape index (κ3) is 6.38. The predicted octanol–water partition coefficient (Wildman–Crippen LogP) is -1.21. The smallest absolute Gasteiger partial charge is 0.362 e. The van der Waals surface area contributed by atoms with Gasteiger partial charge in [0.15, 0.2) is 16.6 Å².